The molecular formula is C17H29NO10. The summed E-state index contributed by atoms with van der Waals surface area (Å²) in [6.07, 6.45) is -14.7. The number of nitrogens with zero attached hydrogens (tertiary/aromatic N) is 1. The molecular weight excluding hydrogens is 378 g/mol. The molecule has 2 fully saturated rings. The molecule has 0 spiro atoms. The monoisotopic (exact) mass is 407 g/mol. The van der Waals surface area contributed by atoms with Gasteiger partial charge in [0.05, 0.1) is 18.8 Å². The van der Waals surface area contributed by atoms with Crippen molar-refractivity contribution in [2.45, 2.75) is 88.3 Å². The molecule has 1 unspecified atom stereocenters. The van der Waals surface area contributed by atoms with Crippen molar-refractivity contribution >= 4 is 0 Å². The van der Waals surface area contributed by atoms with Crippen molar-refractivity contribution in [3.8, 4) is 6.07 Å². The molecule has 0 saturated carbocycles. The predicted octanol–water partition coefficient (Wildman–Crippen LogP) is -2.80. The lowest BCUT2D eigenvalue weighted by molar-refractivity contribution is -0.332. The van der Waals surface area contributed by atoms with Gasteiger partial charge in [-0.25, -0.2) is 0 Å². The highest BCUT2D eigenvalue weighted by Crippen LogP contribution is 2.27. The standard InChI is InChI=1S/C17H29NO10/c1-6(2)8(4-18)27-17-15(24)13(22)11(20)9(28-17)5-25-16-14(23)12(21)10(19)7(3)26-16/h6-17,19-24H,5H2,1-3H3/t7-,8?,9+,10-,11+,12+,13-,14+,15+,16+,17+/m0/s1. The van der Waals surface area contributed by atoms with Crippen LogP contribution in [0.2, 0.25) is 0 Å². The first-order chi connectivity index (χ1) is 13.1. The van der Waals surface area contributed by atoms with E-state index < -0.39 is 67.5 Å². The molecule has 0 amide bonds. The van der Waals surface area contributed by atoms with Crippen molar-refractivity contribution in [2.24, 2.45) is 5.92 Å². The molecule has 0 aromatic rings. The molecule has 0 bridgehead atoms. The van der Waals surface area contributed by atoms with Crippen LogP contribution in [0.4, 0.5) is 0 Å². The third-order valence-electron chi connectivity index (χ3n) is 4.92. The maximum atomic E-state index is 10.1. The van der Waals surface area contributed by atoms with Crippen molar-refractivity contribution in [1.82, 2.24) is 0 Å². The number of aliphatic hydroxyl groups is 6. The van der Waals surface area contributed by atoms with Crippen molar-refractivity contribution < 1.29 is 49.6 Å². The van der Waals surface area contributed by atoms with E-state index in [9.17, 15) is 30.6 Å². The van der Waals surface area contributed by atoms with E-state index in [1.54, 1.807) is 13.8 Å². The van der Waals surface area contributed by atoms with Gasteiger partial charge in [-0.1, -0.05) is 13.8 Å². The van der Waals surface area contributed by atoms with Gasteiger partial charge in [0.2, 0.25) is 0 Å². The second kappa shape index (κ2) is 9.73. The Bertz CT molecular complexity index is 543. The Morgan fingerprint density at radius 2 is 1.43 bits per heavy atom. The van der Waals surface area contributed by atoms with Crippen LogP contribution in [0.15, 0.2) is 0 Å². The van der Waals surface area contributed by atoms with Crippen molar-refractivity contribution in [3.05, 3.63) is 0 Å². The lowest BCUT2D eigenvalue weighted by Gasteiger charge is -2.42. The lowest BCUT2D eigenvalue weighted by Crippen LogP contribution is -2.61. The first kappa shape index (κ1) is 23.4. The number of hydrogen-bond donors (Lipinski definition) is 6. The maximum absolute atomic E-state index is 10.1. The third-order valence-corrected chi connectivity index (χ3v) is 4.92. The molecule has 0 radical (unpaired) electrons. The minimum Gasteiger partial charge on any atom is -0.388 e. The van der Waals surface area contributed by atoms with Crippen LogP contribution in [-0.2, 0) is 18.9 Å². The van der Waals surface area contributed by atoms with E-state index in [0.29, 0.717) is 0 Å². The second-order valence-electron chi connectivity index (χ2n) is 7.46. The quantitative estimate of drug-likeness (QED) is 0.267. The average molecular weight is 407 g/mol. The van der Waals surface area contributed by atoms with Gasteiger partial charge in [0.25, 0.3) is 0 Å². The number of nitriles is 1. The third kappa shape index (κ3) is 4.98. The summed E-state index contributed by atoms with van der Waals surface area (Å²) in [7, 11) is 0. The van der Waals surface area contributed by atoms with E-state index in [-0.39, 0.29) is 12.5 Å². The Morgan fingerprint density at radius 1 is 0.857 bits per heavy atom. The number of hydrogen-bond acceptors (Lipinski definition) is 11. The Hall–Kier alpha value is -0.910. The van der Waals surface area contributed by atoms with Gasteiger partial charge in [0.1, 0.15) is 48.8 Å². The smallest absolute Gasteiger partial charge is 0.188 e. The zero-order chi connectivity index (χ0) is 21.2. The fourth-order valence-electron chi connectivity index (χ4n) is 2.99. The Morgan fingerprint density at radius 3 is 2.00 bits per heavy atom. The zero-order valence-corrected chi connectivity index (χ0v) is 15.9. The van der Waals surface area contributed by atoms with Crippen molar-refractivity contribution in [3.63, 3.8) is 0 Å². The zero-order valence-electron chi connectivity index (χ0n) is 15.9. The summed E-state index contributed by atoms with van der Waals surface area (Å²) in [4.78, 5) is 0. The van der Waals surface area contributed by atoms with Crippen molar-refractivity contribution in [2.75, 3.05) is 6.61 Å². The molecule has 11 heteroatoms. The van der Waals surface area contributed by atoms with Gasteiger partial charge in [0.15, 0.2) is 12.6 Å². The normalized spacial score (nSPS) is 45.6. The highest BCUT2D eigenvalue weighted by Gasteiger charge is 2.47. The van der Waals surface area contributed by atoms with Crippen LogP contribution in [0.1, 0.15) is 20.8 Å². The van der Waals surface area contributed by atoms with Crippen LogP contribution in [0.25, 0.3) is 0 Å². The molecule has 11 atom stereocenters. The summed E-state index contributed by atoms with van der Waals surface area (Å²) in [5.41, 5.74) is 0. The SMILES string of the molecule is CC(C)C(C#N)O[C@@H]1O[C@H](CO[C@@H]2O[C@@H](C)[C@H](O)[C@@H](O)[C@H]2O)[C@@H](O)[C@H](O)[C@H]1O. The molecule has 2 aliphatic heterocycles. The summed E-state index contributed by atoms with van der Waals surface area (Å²) >= 11 is 0. The van der Waals surface area contributed by atoms with Gasteiger partial charge in [-0.05, 0) is 12.8 Å². The summed E-state index contributed by atoms with van der Waals surface area (Å²) < 4.78 is 21.5. The highest BCUT2D eigenvalue weighted by molar-refractivity contribution is 4.93. The molecule has 11 nitrogen and oxygen atoms in total. The molecule has 0 aromatic heterocycles. The Kier molecular flexibility index (Phi) is 8.12. The largest absolute Gasteiger partial charge is 0.388 e. The van der Waals surface area contributed by atoms with Crippen molar-refractivity contribution in [1.29, 1.82) is 5.26 Å². The molecule has 2 aliphatic rings. The number of aliphatic hydroxyl groups excluding tert-OH is 6. The summed E-state index contributed by atoms with van der Waals surface area (Å²) in [6.45, 7) is 4.57. The molecule has 0 aliphatic carbocycles. The molecule has 28 heavy (non-hydrogen) atoms. The summed E-state index contributed by atoms with van der Waals surface area (Å²) in [5.74, 6) is -0.209. The van der Waals surface area contributed by atoms with Gasteiger partial charge in [-0.15, -0.1) is 0 Å². The molecule has 2 heterocycles. The Balaban J connectivity index is 2.01. The Labute approximate surface area is 162 Å². The van der Waals surface area contributed by atoms with E-state index in [2.05, 4.69) is 0 Å². The number of ether oxygens (including phenoxy) is 4. The van der Waals surface area contributed by atoms with Crippen LogP contribution in [0, 0.1) is 17.2 Å². The van der Waals surface area contributed by atoms with E-state index in [1.807, 2.05) is 6.07 Å². The van der Waals surface area contributed by atoms with E-state index in [4.69, 9.17) is 24.2 Å². The molecule has 162 valence electrons. The van der Waals surface area contributed by atoms with Gasteiger partial charge < -0.3 is 49.6 Å². The van der Waals surface area contributed by atoms with Crippen LogP contribution >= 0.6 is 0 Å². The first-order valence-corrected chi connectivity index (χ1v) is 9.14. The molecule has 0 aromatic carbocycles. The van der Waals surface area contributed by atoms with Crippen LogP contribution in [-0.4, -0.2) is 105 Å². The van der Waals surface area contributed by atoms with Crippen LogP contribution in [0.5, 0.6) is 0 Å². The van der Waals surface area contributed by atoms with Gasteiger partial charge in [-0.2, -0.15) is 5.26 Å². The minimum atomic E-state index is -1.62. The van der Waals surface area contributed by atoms with Crippen LogP contribution < -0.4 is 0 Å². The fraction of sp³-hybridized carbons (Fsp3) is 0.941. The van der Waals surface area contributed by atoms with E-state index in [0.717, 1.165) is 0 Å². The first-order valence-electron chi connectivity index (χ1n) is 9.14. The number of rotatable bonds is 6. The summed E-state index contributed by atoms with van der Waals surface area (Å²) in [6, 6.07) is 1.92. The van der Waals surface area contributed by atoms with Crippen LogP contribution in [0.3, 0.4) is 0 Å². The van der Waals surface area contributed by atoms with E-state index in [1.165, 1.54) is 6.92 Å². The lowest BCUT2D eigenvalue weighted by atomic mass is 9.98. The fourth-order valence-corrected chi connectivity index (χ4v) is 2.99. The topological polar surface area (TPSA) is 182 Å². The van der Waals surface area contributed by atoms with Gasteiger partial charge in [0, 0.05) is 0 Å². The molecule has 6 N–H and O–H groups in total. The summed E-state index contributed by atoms with van der Waals surface area (Å²) in [5, 5.41) is 68.9. The van der Waals surface area contributed by atoms with Gasteiger partial charge >= 0.3 is 0 Å². The second-order valence-corrected chi connectivity index (χ2v) is 7.46. The van der Waals surface area contributed by atoms with Gasteiger partial charge in [-0.3, -0.25) is 0 Å². The predicted molar refractivity (Wildman–Crippen MR) is 90.3 cm³/mol. The maximum Gasteiger partial charge on any atom is 0.188 e. The van der Waals surface area contributed by atoms with E-state index >= 15 is 0 Å². The molecule has 2 rings (SSSR count). The minimum absolute atomic E-state index is 0.209. The average Bonchev–Trinajstić information content (AvgIpc) is 2.66. The molecule has 2 saturated heterocycles. The highest BCUT2D eigenvalue weighted by atomic mass is 16.7.